The highest BCUT2D eigenvalue weighted by Crippen LogP contribution is 2.33. The standard InChI is InChI=1S/C17H22N6O/c1-2-23-15(3-5-21-23)17-13(4-8-24-17)9-19-10-14-11-20-16-12-18-6-7-22(14)16/h3,5-7,11-13,17,19H,2,4,8-10H2,1H3/t13-,17+/m0/s1. The summed E-state index contributed by atoms with van der Waals surface area (Å²) in [6.45, 7) is 5.49. The number of aromatic nitrogens is 5. The normalized spacial score (nSPS) is 20.9. The maximum atomic E-state index is 5.98. The van der Waals surface area contributed by atoms with Crippen molar-refractivity contribution in [2.45, 2.75) is 32.5 Å². The zero-order valence-corrected chi connectivity index (χ0v) is 13.8. The third-order valence-corrected chi connectivity index (χ3v) is 4.66. The predicted octanol–water partition coefficient (Wildman–Crippen LogP) is 1.81. The fourth-order valence-electron chi connectivity index (χ4n) is 3.43. The molecule has 1 aliphatic rings. The van der Waals surface area contributed by atoms with E-state index in [0.29, 0.717) is 5.92 Å². The maximum Gasteiger partial charge on any atom is 0.155 e. The Bertz CT molecular complexity index is 810. The van der Waals surface area contributed by atoms with Gasteiger partial charge in [0, 0.05) is 50.7 Å². The van der Waals surface area contributed by atoms with Gasteiger partial charge in [-0.1, -0.05) is 0 Å². The highest BCUT2D eigenvalue weighted by Gasteiger charge is 2.31. The van der Waals surface area contributed by atoms with E-state index in [0.717, 1.165) is 44.0 Å². The molecular formula is C17H22N6O. The van der Waals surface area contributed by atoms with Gasteiger partial charge in [0.2, 0.25) is 0 Å². The molecule has 0 radical (unpaired) electrons. The lowest BCUT2D eigenvalue weighted by Crippen LogP contribution is -2.26. The smallest absolute Gasteiger partial charge is 0.155 e. The van der Waals surface area contributed by atoms with E-state index in [4.69, 9.17) is 4.74 Å². The van der Waals surface area contributed by atoms with Crippen molar-refractivity contribution in [1.82, 2.24) is 29.5 Å². The first-order valence-electron chi connectivity index (χ1n) is 8.46. The summed E-state index contributed by atoms with van der Waals surface area (Å²) in [4.78, 5) is 8.47. The van der Waals surface area contributed by atoms with Gasteiger partial charge < -0.3 is 10.1 Å². The Balaban J connectivity index is 1.40. The van der Waals surface area contributed by atoms with E-state index >= 15 is 0 Å². The molecule has 0 unspecified atom stereocenters. The van der Waals surface area contributed by atoms with Gasteiger partial charge in [0.1, 0.15) is 6.10 Å². The van der Waals surface area contributed by atoms with Crippen LogP contribution in [0, 0.1) is 5.92 Å². The minimum atomic E-state index is 0.131. The van der Waals surface area contributed by atoms with Gasteiger partial charge >= 0.3 is 0 Å². The Morgan fingerprint density at radius 2 is 2.29 bits per heavy atom. The summed E-state index contributed by atoms with van der Waals surface area (Å²) in [5.74, 6) is 0.466. The fraction of sp³-hybridized carbons (Fsp3) is 0.471. The number of ether oxygens (including phenoxy) is 1. The molecule has 7 heteroatoms. The van der Waals surface area contributed by atoms with Gasteiger partial charge in [-0.05, 0) is 19.4 Å². The second-order valence-corrected chi connectivity index (χ2v) is 6.10. The van der Waals surface area contributed by atoms with Crippen molar-refractivity contribution < 1.29 is 4.74 Å². The lowest BCUT2D eigenvalue weighted by Gasteiger charge is -2.20. The van der Waals surface area contributed by atoms with Crippen LogP contribution >= 0.6 is 0 Å². The molecule has 3 aromatic rings. The average Bonchev–Trinajstić information content (AvgIpc) is 3.34. The predicted molar refractivity (Wildman–Crippen MR) is 89.4 cm³/mol. The quantitative estimate of drug-likeness (QED) is 0.748. The molecule has 24 heavy (non-hydrogen) atoms. The molecule has 1 saturated heterocycles. The molecule has 4 rings (SSSR count). The monoisotopic (exact) mass is 326 g/mol. The number of nitrogens with zero attached hydrogens (tertiary/aromatic N) is 5. The molecule has 2 atom stereocenters. The Labute approximate surface area is 140 Å². The number of aryl methyl sites for hydroxylation is 1. The molecule has 4 heterocycles. The number of rotatable bonds is 6. The van der Waals surface area contributed by atoms with Gasteiger partial charge in [0.05, 0.1) is 23.8 Å². The lowest BCUT2D eigenvalue weighted by molar-refractivity contribution is 0.0829. The van der Waals surface area contributed by atoms with Crippen LogP contribution in [-0.4, -0.2) is 37.3 Å². The zero-order chi connectivity index (χ0) is 16.4. The highest BCUT2D eigenvalue weighted by molar-refractivity contribution is 5.36. The number of imidazole rings is 1. The molecule has 0 aliphatic carbocycles. The van der Waals surface area contributed by atoms with Gasteiger partial charge in [-0.2, -0.15) is 5.10 Å². The minimum Gasteiger partial charge on any atom is -0.372 e. The summed E-state index contributed by atoms with van der Waals surface area (Å²) in [5, 5.41) is 7.93. The number of nitrogens with one attached hydrogen (secondary N) is 1. The van der Waals surface area contributed by atoms with Gasteiger partial charge in [-0.15, -0.1) is 0 Å². The molecule has 0 spiro atoms. The largest absolute Gasteiger partial charge is 0.372 e. The lowest BCUT2D eigenvalue weighted by atomic mass is 9.99. The van der Waals surface area contributed by atoms with Crippen LogP contribution < -0.4 is 5.32 Å². The molecule has 1 N–H and O–H groups in total. The van der Waals surface area contributed by atoms with Gasteiger partial charge in [0.25, 0.3) is 0 Å². The number of fused-ring (bicyclic) bond motifs is 1. The van der Waals surface area contributed by atoms with E-state index in [9.17, 15) is 0 Å². The van der Waals surface area contributed by atoms with Crippen molar-refractivity contribution in [3.63, 3.8) is 0 Å². The van der Waals surface area contributed by atoms with Crippen LogP contribution in [0.1, 0.15) is 30.8 Å². The number of hydrogen-bond acceptors (Lipinski definition) is 5. The van der Waals surface area contributed by atoms with Crippen molar-refractivity contribution in [3.8, 4) is 0 Å². The maximum absolute atomic E-state index is 5.98. The summed E-state index contributed by atoms with van der Waals surface area (Å²) < 4.78 is 10.1. The van der Waals surface area contributed by atoms with Crippen molar-refractivity contribution in [2.24, 2.45) is 5.92 Å². The first-order chi connectivity index (χ1) is 11.9. The summed E-state index contributed by atoms with van der Waals surface area (Å²) in [7, 11) is 0. The first-order valence-corrected chi connectivity index (χ1v) is 8.46. The molecule has 126 valence electrons. The highest BCUT2D eigenvalue weighted by atomic mass is 16.5. The number of hydrogen-bond donors (Lipinski definition) is 1. The van der Waals surface area contributed by atoms with E-state index in [-0.39, 0.29) is 6.10 Å². The molecule has 7 nitrogen and oxygen atoms in total. The topological polar surface area (TPSA) is 69.3 Å². The van der Waals surface area contributed by atoms with E-state index < -0.39 is 0 Å². The van der Waals surface area contributed by atoms with Crippen molar-refractivity contribution in [3.05, 3.63) is 48.4 Å². The van der Waals surface area contributed by atoms with Gasteiger partial charge in [-0.3, -0.25) is 14.1 Å². The Morgan fingerprint density at radius 1 is 1.33 bits per heavy atom. The van der Waals surface area contributed by atoms with Gasteiger partial charge in [0.15, 0.2) is 5.65 Å². The van der Waals surface area contributed by atoms with Crippen LogP contribution in [0.2, 0.25) is 0 Å². The third kappa shape index (κ3) is 2.81. The second-order valence-electron chi connectivity index (χ2n) is 6.10. The molecule has 1 fully saturated rings. The third-order valence-electron chi connectivity index (χ3n) is 4.66. The summed E-state index contributed by atoms with van der Waals surface area (Å²) in [5.41, 5.74) is 3.20. The summed E-state index contributed by atoms with van der Waals surface area (Å²) in [6.07, 6.45) is 10.5. The van der Waals surface area contributed by atoms with Crippen LogP contribution in [-0.2, 0) is 17.8 Å². The van der Waals surface area contributed by atoms with Crippen LogP contribution in [0.5, 0.6) is 0 Å². The van der Waals surface area contributed by atoms with Crippen molar-refractivity contribution in [2.75, 3.05) is 13.2 Å². The van der Waals surface area contributed by atoms with Crippen LogP contribution in [0.3, 0.4) is 0 Å². The van der Waals surface area contributed by atoms with Gasteiger partial charge in [-0.25, -0.2) is 4.98 Å². The molecular weight excluding hydrogens is 304 g/mol. The van der Waals surface area contributed by atoms with E-state index in [1.54, 1.807) is 12.4 Å². The first kappa shape index (κ1) is 15.3. The second kappa shape index (κ2) is 6.70. The minimum absolute atomic E-state index is 0.131. The van der Waals surface area contributed by atoms with Crippen molar-refractivity contribution >= 4 is 5.65 Å². The fourth-order valence-corrected chi connectivity index (χ4v) is 3.43. The SMILES string of the molecule is CCn1nccc1[C@@H]1OCC[C@H]1CNCc1cnc2cnccn12. The molecule has 0 aromatic carbocycles. The van der Waals surface area contributed by atoms with Crippen LogP contribution in [0.25, 0.3) is 5.65 Å². The Kier molecular flexibility index (Phi) is 4.27. The van der Waals surface area contributed by atoms with Crippen molar-refractivity contribution in [1.29, 1.82) is 0 Å². The molecule has 0 saturated carbocycles. The van der Waals surface area contributed by atoms with E-state index in [1.807, 2.05) is 23.3 Å². The molecule has 1 aliphatic heterocycles. The Hall–Kier alpha value is -2.25. The summed E-state index contributed by atoms with van der Waals surface area (Å²) >= 11 is 0. The average molecular weight is 326 g/mol. The Morgan fingerprint density at radius 3 is 3.21 bits per heavy atom. The van der Waals surface area contributed by atoms with Crippen LogP contribution in [0.15, 0.2) is 37.1 Å². The summed E-state index contributed by atoms with van der Waals surface area (Å²) in [6, 6.07) is 2.07. The zero-order valence-electron chi connectivity index (χ0n) is 13.8. The molecule has 0 bridgehead atoms. The molecule has 0 amide bonds. The van der Waals surface area contributed by atoms with Crippen LogP contribution in [0.4, 0.5) is 0 Å². The van der Waals surface area contributed by atoms with E-state index in [1.165, 1.54) is 5.69 Å². The molecule has 3 aromatic heterocycles. The van der Waals surface area contributed by atoms with E-state index in [2.05, 4.69) is 37.8 Å².